The minimum Gasteiger partial charge on any atom is -0.309 e. The van der Waals surface area contributed by atoms with Crippen LogP contribution in [0, 0.1) is 5.82 Å². The van der Waals surface area contributed by atoms with Gasteiger partial charge in [0, 0.05) is 17.1 Å². The summed E-state index contributed by atoms with van der Waals surface area (Å²) in [6.07, 6.45) is 3.45. The van der Waals surface area contributed by atoms with Gasteiger partial charge >= 0.3 is 0 Å². The first kappa shape index (κ1) is 14.4. The van der Waals surface area contributed by atoms with Crippen molar-refractivity contribution in [1.82, 2.24) is 10.3 Å². The number of halogens is 2. The second-order valence-electron chi connectivity index (χ2n) is 4.33. The summed E-state index contributed by atoms with van der Waals surface area (Å²) in [5, 5.41) is 3.60. The van der Waals surface area contributed by atoms with E-state index in [1.807, 2.05) is 6.20 Å². The van der Waals surface area contributed by atoms with Gasteiger partial charge in [0.15, 0.2) is 0 Å². The normalized spacial score (nSPS) is 12.6. The number of hydrogen-bond donors (Lipinski definition) is 1. The zero-order chi connectivity index (χ0) is 13.7. The van der Waals surface area contributed by atoms with Crippen LogP contribution in [0.3, 0.4) is 0 Å². The van der Waals surface area contributed by atoms with Crippen molar-refractivity contribution in [2.75, 3.05) is 6.54 Å². The standard InChI is InChI=1S/C14H16ClFN2S/c1-2-6-18-12(13-8-17-9-19-13)7-10-4-3-5-11(15)14(10)16/h3-5,8-9,12,18H,2,6-7H2,1H3. The van der Waals surface area contributed by atoms with Crippen LogP contribution >= 0.6 is 22.9 Å². The molecule has 0 amide bonds. The number of thiazole rings is 1. The van der Waals surface area contributed by atoms with Crippen LogP contribution in [-0.2, 0) is 6.42 Å². The van der Waals surface area contributed by atoms with E-state index in [0.29, 0.717) is 12.0 Å². The topological polar surface area (TPSA) is 24.9 Å². The Morgan fingerprint density at radius 1 is 1.47 bits per heavy atom. The molecule has 0 spiro atoms. The molecule has 0 radical (unpaired) electrons. The maximum atomic E-state index is 14.0. The minimum absolute atomic E-state index is 0.0837. The van der Waals surface area contributed by atoms with E-state index in [0.717, 1.165) is 17.8 Å². The number of benzene rings is 1. The first-order valence-corrected chi connectivity index (χ1v) is 7.52. The van der Waals surface area contributed by atoms with Gasteiger partial charge in [-0.15, -0.1) is 11.3 Å². The Morgan fingerprint density at radius 3 is 3.00 bits per heavy atom. The van der Waals surface area contributed by atoms with Crippen molar-refractivity contribution in [3.05, 3.63) is 51.2 Å². The number of aromatic nitrogens is 1. The Morgan fingerprint density at radius 2 is 2.32 bits per heavy atom. The third-order valence-electron chi connectivity index (χ3n) is 2.89. The molecule has 1 unspecified atom stereocenters. The van der Waals surface area contributed by atoms with E-state index in [1.165, 1.54) is 0 Å². The SMILES string of the molecule is CCCNC(Cc1cccc(Cl)c1F)c1cncs1. The average Bonchev–Trinajstić information content (AvgIpc) is 2.93. The van der Waals surface area contributed by atoms with Gasteiger partial charge in [0.2, 0.25) is 0 Å². The van der Waals surface area contributed by atoms with Crippen LogP contribution in [0.1, 0.15) is 29.8 Å². The molecular weight excluding hydrogens is 283 g/mol. The highest BCUT2D eigenvalue weighted by Gasteiger charge is 2.16. The lowest BCUT2D eigenvalue weighted by molar-refractivity contribution is 0.518. The van der Waals surface area contributed by atoms with Crippen molar-refractivity contribution >= 4 is 22.9 Å². The molecule has 2 aromatic rings. The van der Waals surface area contributed by atoms with E-state index in [-0.39, 0.29) is 16.9 Å². The molecule has 102 valence electrons. The Balaban J connectivity index is 2.18. The van der Waals surface area contributed by atoms with Crippen LogP contribution in [0.5, 0.6) is 0 Å². The average molecular weight is 299 g/mol. The number of nitrogens with zero attached hydrogens (tertiary/aromatic N) is 1. The molecule has 2 rings (SSSR count). The zero-order valence-corrected chi connectivity index (χ0v) is 12.3. The quantitative estimate of drug-likeness (QED) is 0.864. The maximum Gasteiger partial charge on any atom is 0.145 e. The molecule has 5 heteroatoms. The lowest BCUT2D eigenvalue weighted by Gasteiger charge is -2.17. The molecule has 0 bridgehead atoms. The van der Waals surface area contributed by atoms with E-state index in [1.54, 1.807) is 35.0 Å². The molecular formula is C14H16ClFN2S. The molecule has 1 heterocycles. The van der Waals surface area contributed by atoms with Crippen molar-refractivity contribution in [3.63, 3.8) is 0 Å². The van der Waals surface area contributed by atoms with Crippen molar-refractivity contribution in [1.29, 1.82) is 0 Å². The van der Waals surface area contributed by atoms with Gasteiger partial charge in [0.25, 0.3) is 0 Å². The van der Waals surface area contributed by atoms with E-state index in [2.05, 4.69) is 17.2 Å². The van der Waals surface area contributed by atoms with Gasteiger partial charge in [0.1, 0.15) is 5.82 Å². The fourth-order valence-electron chi connectivity index (χ4n) is 1.92. The zero-order valence-electron chi connectivity index (χ0n) is 10.7. The summed E-state index contributed by atoms with van der Waals surface area (Å²) < 4.78 is 14.0. The summed E-state index contributed by atoms with van der Waals surface area (Å²) in [5.74, 6) is -0.322. The van der Waals surface area contributed by atoms with Crippen LogP contribution in [0.25, 0.3) is 0 Å². The molecule has 1 atom stereocenters. The van der Waals surface area contributed by atoms with Gasteiger partial charge in [-0.3, -0.25) is 4.98 Å². The highest BCUT2D eigenvalue weighted by molar-refractivity contribution is 7.09. The smallest absolute Gasteiger partial charge is 0.145 e. The highest BCUT2D eigenvalue weighted by atomic mass is 35.5. The van der Waals surface area contributed by atoms with Crippen molar-refractivity contribution in [3.8, 4) is 0 Å². The maximum absolute atomic E-state index is 14.0. The van der Waals surface area contributed by atoms with E-state index in [4.69, 9.17) is 11.6 Å². The summed E-state index contributed by atoms with van der Waals surface area (Å²) in [5.41, 5.74) is 2.43. The van der Waals surface area contributed by atoms with Gasteiger partial charge in [0.05, 0.1) is 10.5 Å². The first-order chi connectivity index (χ1) is 9.22. The van der Waals surface area contributed by atoms with Crippen LogP contribution in [-0.4, -0.2) is 11.5 Å². The Hall–Kier alpha value is -0.970. The van der Waals surface area contributed by atoms with Crippen LogP contribution < -0.4 is 5.32 Å². The largest absolute Gasteiger partial charge is 0.309 e. The first-order valence-electron chi connectivity index (χ1n) is 6.27. The molecule has 0 fully saturated rings. The molecule has 0 aliphatic rings. The molecule has 19 heavy (non-hydrogen) atoms. The van der Waals surface area contributed by atoms with E-state index < -0.39 is 0 Å². The van der Waals surface area contributed by atoms with E-state index in [9.17, 15) is 4.39 Å². The molecule has 0 aliphatic heterocycles. The van der Waals surface area contributed by atoms with E-state index >= 15 is 0 Å². The third-order valence-corrected chi connectivity index (χ3v) is 4.07. The second-order valence-corrected chi connectivity index (χ2v) is 5.65. The lowest BCUT2D eigenvalue weighted by Crippen LogP contribution is -2.23. The molecule has 0 saturated carbocycles. The van der Waals surface area contributed by atoms with Crippen molar-refractivity contribution in [2.24, 2.45) is 0 Å². The van der Waals surface area contributed by atoms with Gasteiger partial charge in [-0.25, -0.2) is 4.39 Å². The van der Waals surface area contributed by atoms with Crippen LogP contribution in [0.15, 0.2) is 29.9 Å². The molecule has 0 saturated heterocycles. The summed E-state index contributed by atoms with van der Waals surface area (Å²) in [6.45, 7) is 3.00. The fraction of sp³-hybridized carbons (Fsp3) is 0.357. The third kappa shape index (κ3) is 3.75. The highest BCUT2D eigenvalue weighted by Crippen LogP contribution is 2.25. The molecule has 0 aliphatic carbocycles. The summed E-state index contributed by atoms with van der Waals surface area (Å²) in [7, 11) is 0. The Kier molecular flexibility index (Phi) is 5.31. The van der Waals surface area contributed by atoms with Crippen molar-refractivity contribution < 1.29 is 4.39 Å². The number of rotatable bonds is 6. The molecule has 1 N–H and O–H groups in total. The predicted molar refractivity (Wildman–Crippen MR) is 78.3 cm³/mol. The second kappa shape index (κ2) is 6.98. The molecule has 1 aromatic heterocycles. The summed E-state index contributed by atoms with van der Waals surface area (Å²) in [4.78, 5) is 5.21. The van der Waals surface area contributed by atoms with Gasteiger partial charge in [-0.05, 0) is 31.0 Å². The van der Waals surface area contributed by atoms with Crippen LogP contribution in [0.4, 0.5) is 4.39 Å². The number of hydrogen-bond acceptors (Lipinski definition) is 3. The fourth-order valence-corrected chi connectivity index (χ4v) is 2.81. The lowest BCUT2D eigenvalue weighted by atomic mass is 10.0. The predicted octanol–water partition coefficient (Wildman–Crippen LogP) is 4.22. The Labute approximate surface area is 121 Å². The van der Waals surface area contributed by atoms with Crippen LogP contribution in [0.2, 0.25) is 5.02 Å². The van der Waals surface area contributed by atoms with Gasteiger partial charge in [-0.1, -0.05) is 30.7 Å². The molecule has 2 nitrogen and oxygen atoms in total. The number of nitrogens with one attached hydrogen (secondary N) is 1. The van der Waals surface area contributed by atoms with Gasteiger partial charge in [-0.2, -0.15) is 0 Å². The monoisotopic (exact) mass is 298 g/mol. The Bertz CT molecular complexity index is 516. The minimum atomic E-state index is -0.322. The summed E-state index contributed by atoms with van der Waals surface area (Å²) >= 11 is 7.40. The summed E-state index contributed by atoms with van der Waals surface area (Å²) in [6, 6.07) is 5.22. The van der Waals surface area contributed by atoms with Crippen molar-refractivity contribution in [2.45, 2.75) is 25.8 Å². The molecule has 1 aromatic carbocycles. The van der Waals surface area contributed by atoms with Gasteiger partial charge < -0.3 is 5.32 Å².